The van der Waals surface area contributed by atoms with Crippen LogP contribution in [0.4, 0.5) is 0 Å². The quantitative estimate of drug-likeness (QED) is 0.278. The maximum absolute atomic E-state index is 11.3. The van der Waals surface area contributed by atoms with Gasteiger partial charge in [0.1, 0.15) is 0 Å². The summed E-state index contributed by atoms with van der Waals surface area (Å²) in [7, 11) is -1.27. The minimum absolute atomic E-state index is 0. The van der Waals surface area contributed by atoms with Gasteiger partial charge in [-0.15, -0.1) is 5.75 Å². The molecule has 1 aromatic carbocycles. The van der Waals surface area contributed by atoms with Crippen LogP contribution < -0.4 is 5.11 Å². The van der Waals surface area contributed by atoms with Gasteiger partial charge in [0.05, 0.1) is 17.1 Å². The van der Waals surface area contributed by atoms with Gasteiger partial charge in [0.2, 0.25) is 0 Å². The fourth-order valence-corrected chi connectivity index (χ4v) is 4.06. The zero-order valence-electron chi connectivity index (χ0n) is 24.5. The van der Waals surface area contributed by atoms with Crippen molar-refractivity contribution in [1.82, 2.24) is 29.1 Å². The molecule has 0 fully saturated rings. The van der Waals surface area contributed by atoms with Crippen molar-refractivity contribution in [2.75, 3.05) is 0 Å². The number of aromatic nitrogens is 6. The Balaban J connectivity index is 0.000000882. The zero-order valence-corrected chi connectivity index (χ0v) is 26.5. The minimum Gasteiger partial charge on any atom is -2.00 e. The van der Waals surface area contributed by atoms with E-state index in [1.165, 1.54) is 0 Å². The van der Waals surface area contributed by atoms with Crippen LogP contribution in [0.3, 0.4) is 0 Å². The second-order valence-corrected chi connectivity index (χ2v) is 11.5. The summed E-state index contributed by atoms with van der Waals surface area (Å²) in [6.07, 6.45) is 6.13. The van der Waals surface area contributed by atoms with E-state index < -0.39 is 7.12 Å². The molecular weight excluding hydrogens is 575 g/mol. The smallest absolute Gasteiger partial charge is 0.326 e. The Kier molecular flexibility index (Phi) is 14.2. The molecule has 3 aromatic heterocycles. The summed E-state index contributed by atoms with van der Waals surface area (Å²) in [5.41, 5.74) is 4.12. The van der Waals surface area contributed by atoms with E-state index in [1.54, 1.807) is 12.1 Å². The van der Waals surface area contributed by atoms with Crippen LogP contribution in [0.1, 0.15) is 103 Å². The summed E-state index contributed by atoms with van der Waals surface area (Å²) < 4.78 is 6.05. The first kappa shape index (κ1) is 36.3. The van der Waals surface area contributed by atoms with Crippen LogP contribution in [0.15, 0.2) is 61.1 Å². The van der Waals surface area contributed by atoms with E-state index in [2.05, 4.69) is 59.7 Å². The molecule has 0 spiro atoms. The first-order chi connectivity index (χ1) is 16.9. The topological polar surface area (TPSA) is 134 Å². The third kappa shape index (κ3) is 9.19. The molecular formula is C28H41BMoN6O3-6. The molecule has 0 aliphatic heterocycles. The summed E-state index contributed by atoms with van der Waals surface area (Å²) >= 11 is 0. The molecule has 0 saturated heterocycles. The van der Waals surface area contributed by atoms with Crippen molar-refractivity contribution in [3.05, 3.63) is 83.7 Å². The van der Waals surface area contributed by atoms with Gasteiger partial charge in [0, 0.05) is 21.1 Å². The Hall–Kier alpha value is -2.68. The average molecular weight is 616 g/mol. The van der Waals surface area contributed by atoms with Crippen molar-refractivity contribution in [3.8, 4) is 5.75 Å². The van der Waals surface area contributed by atoms with E-state index in [0.717, 1.165) is 22.6 Å². The van der Waals surface area contributed by atoms with E-state index in [0.29, 0.717) is 17.8 Å². The number of hydrogen-bond acceptors (Lipinski definition) is 4. The van der Waals surface area contributed by atoms with Crippen LogP contribution in [0.5, 0.6) is 5.75 Å². The Morgan fingerprint density at radius 1 is 0.641 bits per heavy atom. The van der Waals surface area contributed by atoms with Gasteiger partial charge in [-0.3, -0.25) is 0 Å². The van der Waals surface area contributed by atoms with Gasteiger partial charge >= 0.3 is 7.12 Å². The van der Waals surface area contributed by atoms with E-state index in [9.17, 15) is 5.11 Å². The van der Waals surface area contributed by atoms with Crippen molar-refractivity contribution in [1.29, 1.82) is 0 Å². The second-order valence-electron chi connectivity index (χ2n) is 11.5. The van der Waals surface area contributed by atoms with Crippen molar-refractivity contribution in [2.45, 2.75) is 85.5 Å². The number of rotatable bonds is 6. The van der Waals surface area contributed by atoms with Gasteiger partial charge < -0.3 is 29.8 Å². The molecule has 11 heteroatoms. The summed E-state index contributed by atoms with van der Waals surface area (Å²) in [5.74, 6) is 1.33. The molecule has 0 radical (unpaired) electrons. The molecule has 9 nitrogen and oxygen atoms in total. The van der Waals surface area contributed by atoms with E-state index in [1.807, 2.05) is 65.3 Å². The maximum Gasteiger partial charge on any atom is 0.326 e. The van der Waals surface area contributed by atoms with Crippen LogP contribution >= 0.6 is 0 Å². The SMILES string of the molecule is CC(C)(C)c1ccccc1[O-].CC(C)c1ccn([BH-](n2ccc(C(C)C)n2)n2ccc(C(C)C)n2)n1.[Mo].[O-2].[O-2]. The number of hydrogen-bond donors (Lipinski definition) is 0. The fraction of sp³-hybridized carbons (Fsp3) is 0.464. The van der Waals surface area contributed by atoms with Crippen LogP contribution in [0.2, 0.25) is 0 Å². The van der Waals surface area contributed by atoms with Gasteiger partial charge in [0.25, 0.3) is 0 Å². The fourth-order valence-electron chi connectivity index (χ4n) is 4.06. The second kappa shape index (κ2) is 15.2. The molecule has 0 N–H and O–H groups in total. The summed E-state index contributed by atoms with van der Waals surface area (Å²) in [4.78, 5) is 0. The third-order valence-electron chi connectivity index (χ3n) is 6.32. The summed E-state index contributed by atoms with van der Waals surface area (Å²) in [5, 5.41) is 25.7. The first-order valence-corrected chi connectivity index (χ1v) is 13.0. The van der Waals surface area contributed by atoms with Gasteiger partial charge in [-0.05, 0) is 60.0 Å². The van der Waals surface area contributed by atoms with Crippen molar-refractivity contribution in [3.63, 3.8) is 0 Å². The van der Waals surface area contributed by atoms with Crippen molar-refractivity contribution < 1.29 is 37.1 Å². The van der Waals surface area contributed by atoms with E-state index in [4.69, 9.17) is 15.3 Å². The normalized spacial score (nSPS) is 11.1. The van der Waals surface area contributed by atoms with E-state index >= 15 is 0 Å². The predicted octanol–water partition coefficient (Wildman–Crippen LogP) is 5.13. The van der Waals surface area contributed by atoms with Crippen LogP contribution in [0.25, 0.3) is 0 Å². The molecule has 0 bridgehead atoms. The first-order valence-electron chi connectivity index (χ1n) is 13.0. The van der Waals surface area contributed by atoms with Crippen molar-refractivity contribution >= 4 is 7.12 Å². The molecule has 0 amide bonds. The van der Waals surface area contributed by atoms with Gasteiger partial charge in [-0.1, -0.05) is 92.1 Å². The van der Waals surface area contributed by atoms with Gasteiger partial charge in [-0.2, -0.15) is 0 Å². The molecule has 4 aromatic rings. The standard InChI is InChI=1S/C18H28BN6.C10H14O.Mo.2O/c1-13(2)16-7-10-23(20-16)19(24-11-8-17(21-24)14(3)4)25-12-9-18(22-25)15(5)6;1-10(2,3)8-6-4-5-7-9(8)11;;;/h7-15,19H,1-6H3;4-7,11H,1-3H3;;;/q-1;;;2*-2/p-1. The Morgan fingerprint density at radius 2 is 0.974 bits per heavy atom. The minimum atomic E-state index is -1.27. The largest absolute Gasteiger partial charge is 2.00 e. The third-order valence-corrected chi connectivity index (χ3v) is 6.32. The maximum atomic E-state index is 11.3. The Labute approximate surface area is 247 Å². The summed E-state index contributed by atoms with van der Waals surface area (Å²) in [6, 6.07) is 13.4. The number of para-hydroxylation sites is 1. The molecule has 0 unspecified atom stereocenters. The van der Waals surface area contributed by atoms with Gasteiger partial charge in [0.15, 0.2) is 0 Å². The molecule has 216 valence electrons. The molecule has 0 aliphatic rings. The van der Waals surface area contributed by atoms with E-state index in [-0.39, 0.29) is 43.2 Å². The van der Waals surface area contributed by atoms with Crippen LogP contribution in [-0.4, -0.2) is 36.2 Å². The predicted molar refractivity (Wildman–Crippen MR) is 148 cm³/mol. The molecule has 0 aliphatic carbocycles. The molecule has 0 atom stereocenters. The zero-order chi connectivity index (χ0) is 26.6. The van der Waals surface area contributed by atoms with Crippen molar-refractivity contribution in [2.24, 2.45) is 0 Å². The Morgan fingerprint density at radius 3 is 1.21 bits per heavy atom. The number of nitrogens with zero attached hydrogens (tertiary/aromatic N) is 6. The van der Waals surface area contributed by atoms with Gasteiger partial charge in [-0.25, -0.2) is 15.3 Å². The molecule has 39 heavy (non-hydrogen) atoms. The molecule has 0 saturated carbocycles. The monoisotopic (exact) mass is 618 g/mol. The number of benzene rings is 1. The van der Waals surface area contributed by atoms with Crippen LogP contribution in [0, 0.1) is 0 Å². The molecule has 3 heterocycles. The summed E-state index contributed by atoms with van der Waals surface area (Å²) in [6.45, 7) is 19.1. The van der Waals surface area contributed by atoms with Crippen LogP contribution in [-0.2, 0) is 37.4 Å². The Bertz CT molecular complexity index is 1150. The average Bonchev–Trinajstić information content (AvgIpc) is 3.56. The molecule has 4 rings (SSSR count).